The fraction of sp³-hybridized carbons (Fsp3) is 0.577. The molecule has 2 N–H and O–H groups in total. The van der Waals surface area contributed by atoms with Crippen LogP contribution in [0.3, 0.4) is 0 Å². The Hall–Kier alpha value is -2.71. The predicted molar refractivity (Wildman–Crippen MR) is 134 cm³/mol. The zero-order valence-corrected chi connectivity index (χ0v) is 20.7. The van der Waals surface area contributed by atoms with Crippen LogP contribution in [0, 0.1) is 0 Å². The van der Waals surface area contributed by atoms with E-state index in [1.807, 2.05) is 31.2 Å². The van der Waals surface area contributed by atoms with Gasteiger partial charge in [-0.25, -0.2) is 14.8 Å². The molecule has 0 spiro atoms. The number of amides is 2. The molecule has 2 aromatic rings. The fourth-order valence-corrected chi connectivity index (χ4v) is 5.84. The Morgan fingerprint density at radius 2 is 2.00 bits per heavy atom. The van der Waals surface area contributed by atoms with Crippen LogP contribution in [0.4, 0.5) is 16.3 Å². The van der Waals surface area contributed by atoms with Crippen LogP contribution in [0.25, 0.3) is 11.4 Å². The molecule has 2 saturated heterocycles. The summed E-state index contributed by atoms with van der Waals surface area (Å²) in [5, 5.41) is 5.61. The van der Waals surface area contributed by atoms with Crippen molar-refractivity contribution in [2.75, 3.05) is 36.5 Å². The van der Waals surface area contributed by atoms with Crippen LogP contribution in [-0.2, 0) is 11.2 Å². The second-order valence-corrected chi connectivity index (χ2v) is 9.90. The SMILES string of the molecule is CCNC(=O)Nc1ccc(-c2nc3c(c(N4CCOC[C@@H]4C)n2)C2CCC(C3)N2C(C)C)cc1. The maximum absolute atomic E-state index is 11.9. The van der Waals surface area contributed by atoms with Gasteiger partial charge >= 0.3 is 6.03 Å². The van der Waals surface area contributed by atoms with Gasteiger partial charge in [-0.05, 0) is 64.8 Å². The lowest BCUT2D eigenvalue weighted by Crippen LogP contribution is -2.47. The Bertz CT molecular complexity index is 1040. The van der Waals surface area contributed by atoms with Gasteiger partial charge in [-0.2, -0.15) is 0 Å². The third kappa shape index (κ3) is 4.25. The van der Waals surface area contributed by atoms with Crippen LogP contribution in [0.15, 0.2) is 24.3 Å². The Kier molecular flexibility index (Phi) is 6.44. The average molecular weight is 465 g/mol. The first-order chi connectivity index (χ1) is 16.5. The number of urea groups is 1. The minimum absolute atomic E-state index is 0.200. The molecule has 0 aliphatic carbocycles. The van der Waals surface area contributed by atoms with Gasteiger partial charge in [0.1, 0.15) is 5.82 Å². The molecule has 3 atom stereocenters. The maximum atomic E-state index is 11.9. The Morgan fingerprint density at radius 3 is 2.71 bits per heavy atom. The van der Waals surface area contributed by atoms with E-state index in [2.05, 4.69) is 41.2 Å². The number of aromatic nitrogens is 2. The predicted octanol–water partition coefficient (Wildman–Crippen LogP) is 3.98. The van der Waals surface area contributed by atoms with Crippen molar-refractivity contribution >= 4 is 17.5 Å². The summed E-state index contributed by atoms with van der Waals surface area (Å²) < 4.78 is 5.74. The highest BCUT2D eigenvalue weighted by atomic mass is 16.5. The van der Waals surface area contributed by atoms with E-state index in [9.17, 15) is 4.79 Å². The number of anilines is 2. The van der Waals surface area contributed by atoms with Crippen LogP contribution in [-0.4, -0.2) is 65.3 Å². The highest BCUT2D eigenvalue weighted by Gasteiger charge is 2.44. The molecule has 3 aliphatic heterocycles. The lowest BCUT2D eigenvalue weighted by Gasteiger charge is -2.42. The summed E-state index contributed by atoms with van der Waals surface area (Å²) in [4.78, 5) is 27.3. The third-order valence-electron chi connectivity index (χ3n) is 7.30. The first kappa shape index (κ1) is 23.1. The first-order valence-corrected chi connectivity index (χ1v) is 12.6. The number of benzene rings is 1. The van der Waals surface area contributed by atoms with Gasteiger partial charge in [0.2, 0.25) is 0 Å². The van der Waals surface area contributed by atoms with E-state index in [-0.39, 0.29) is 12.1 Å². The van der Waals surface area contributed by atoms with Crippen molar-refractivity contribution in [2.24, 2.45) is 0 Å². The molecule has 0 saturated carbocycles. The number of carbonyl (C=O) groups excluding carboxylic acids is 1. The summed E-state index contributed by atoms with van der Waals surface area (Å²) in [7, 11) is 0. The molecule has 0 radical (unpaired) electrons. The quantitative estimate of drug-likeness (QED) is 0.697. The largest absolute Gasteiger partial charge is 0.377 e. The number of fused-ring (bicyclic) bond motifs is 4. The van der Waals surface area contributed by atoms with Crippen molar-refractivity contribution in [2.45, 2.75) is 71.1 Å². The van der Waals surface area contributed by atoms with Crippen LogP contribution in [0.2, 0.25) is 0 Å². The summed E-state index contributed by atoms with van der Waals surface area (Å²) in [5.74, 6) is 1.84. The number of hydrogen-bond acceptors (Lipinski definition) is 6. The normalized spacial score (nSPS) is 24.3. The van der Waals surface area contributed by atoms with Crippen molar-refractivity contribution in [3.63, 3.8) is 0 Å². The monoisotopic (exact) mass is 464 g/mol. The van der Waals surface area contributed by atoms with Gasteiger partial charge < -0.3 is 20.3 Å². The Labute approximate surface area is 202 Å². The molecule has 2 bridgehead atoms. The van der Waals surface area contributed by atoms with Gasteiger partial charge in [-0.15, -0.1) is 0 Å². The van der Waals surface area contributed by atoms with Crippen LogP contribution < -0.4 is 15.5 Å². The number of morpholine rings is 1. The lowest BCUT2D eigenvalue weighted by molar-refractivity contribution is 0.0973. The summed E-state index contributed by atoms with van der Waals surface area (Å²) in [6.45, 7) is 11.6. The fourth-order valence-electron chi connectivity index (χ4n) is 5.84. The molecular weight excluding hydrogens is 428 g/mol. The molecule has 3 aliphatic rings. The van der Waals surface area contributed by atoms with E-state index in [4.69, 9.17) is 14.7 Å². The van der Waals surface area contributed by atoms with Crippen molar-refractivity contribution in [1.29, 1.82) is 0 Å². The van der Waals surface area contributed by atoms with Crippen LogP contribution in [0.5, 0.6) is 0 Å². The molecule has 2 fully saturated rings. The van der Waals surface area contributed by atoms with Crippen LogP contribution >= 0.6 is 0 Å². The summed E-state index contributed by atoms with van der Waals surface area (Å²) in [6, 6.07) is 9.33. The Balaban J connectivity index is 1.54. The van der Waals surface area contributed by atoms with Gasteiger partial charge in [-0.1, -0.05) is 0 Å². The van der Waals surface area contributed by atoms with Gasteiger partial charge in [0, 0.05) is 54.5 Å². The highest BCUT2D eigenvalue weighted by Crippen LogP contribution is 2.48. The summed E-state index contributed by atoms with van der Waals surface area (Å²) in [5.41, 5.74) is 4.24. The van der Waals surface area contributed by atoms with Gasteiger partial charge in [0.15, 0.2) is 5.82 Å². The molecule has 1 aromatic carbocycles. The standard InChI is InChI=1S/C26H36N6O2/c1-5-27-26(33)28-19-8-6-18(7-9-19)24-29-21-14-20-10-11-22(32(20)16(2)3)23(21)25(30-24)31-12-13-34-15-17(31)4/h6-9,16-17,20,22H,5,10-15H2,1-4H3,(H2,27,28,33)/t17-,20?,22?/m0/s1. The van der Waals surface area contributed by atoms with Crippen molar-refractivity contribution in [1.82, 2.24) is 20.2 Å². The minimum atomic E-state index is -0.200. The highest BCUT2D eigenvalue weighted by molar-refractivity contribution is 5.89. The molecule has 34 heavy (non-hydrogen) atoms. The van der Waals surface area contributed by atoms with Crippen LogP contribution in [0.1, 0.15) is 57.8 Å². The molecule has 8 nitrogen and oxygen atoms in total. The zero-order chi connectivity index (χ0) is 23.8. The second-order valence-electron chi connectivity index (χ2n) is 9.90. The number of carbonyl (C=O) groups is 1. The number of nitrogens with zero attached hydrogens (tertiary/aromatic N) is 4. The van der Waals surface area contributed by atoms with Crippen molar-refractivity contribution < 1.29 is 9.53 Å². The second kappa shape index (κ2) is 9.50. The number of hydrogen-bond donors (Lipinski definition) is 2. The average Bonchev–Trinajstić information content (AvgIpc) is 3.14. The Morgan fingerprint density at radius 1 is 1.21 bits per heavy atom. The molecule has 8 heteroatoms. The molecule has 2 unspecified atom stereocenters. The van der Waals surface area contributed by atoms with E-state index in [0.29, 0.717) is 24.7 Å². The minimum Gasteiger partial charge on any atom is -0.377 e. The molecular formula is C26H36N6O2. The molecule has 4 heterocycles. The number of nitrogens with one attached hydrogen (secondary N) is 2. The smallest absolute Gasteiger partial charge is 0.319 e. The summed E-state index contributed by atoms with van der Waals surface area (Å²) in [6.07, 6.45) is 3.36. The maximum Gasteiger partial charge on any atom is 0.319 e. The lowest BCUT2D eigenvalue weighted by atomic mass is 9.95. The molecule has 1 aromatic heterocycles. The van der Waals surface area contributed by atoms with E-state index in [1.165, 1.54) is 24.1 Å². The van der Waals surface area contributed by atoms with E-state index < -0.39 is 0 Å². The first-order valence-electron chi connectivity index (χ1n) is 12.6. The van der Waals surface area contributed by atoms with Gasteiger partial charge in [0.25, 0.3) is 0 Å². The van der Waals surface area contributed by atoms with Crippen molar-refractivity contribution in [3.05, 3.63) is 35.5 Å². The molecule has 182 valence electrons. The number of ether oxygens (including phenoxy) is 1. The van der Waals surface area contributed by atoms with E-state index in [1.54, 1.807) is 0 Å². The van der Waals surface area contributed by atoms with Gasteiger partial charge in [0.05, 0.1) is 24.9 Å². The third-order valence-corrected chi connectivity index (χ3v) is 7.30. The zero-order valence-electron chi connectivity index (χ0n) is 20.7. The molecule has 5 rings (SSSR count). The topological polar surface area (TPSA) is 82.6 Å². The van der Waals surface area contributed by atoms with Gasteiger partial charge in [-0.3, -0.25) is 4.90 Å². The van der Waals surface area contributed by atoms with Crippen molar-refractivity contribution in [3.8, 4) is 11.4 Å². The van der Waals surface area contributed by atoms with E-state index >= 15 is 0 Å². The van der Waals surface area contributed by atoms with E-state index in [0.717, 1.165) is 49.1 Å². The number of rotatable bonds is 5. The molecule has 2 amide bonds. The summed E-state index contributed by atoms with van der Waals surface area (Å²) >= 11 is 0.